The van der Waals surface area contributed by atoms with Crippen molar-refractivity contribution in [1.29, 1.82) is 0 Å². The maximum atomic E-state index is 12.5. The van der Waals surface area contributed by atoms with Gasteiger partial charge in [0.2, 0.25) is 11.8 Å². The summed E-state index contributed by atoms with van der Waals surface area (Å²) < 4.78 is 40.3. The first kappa shape index (κ1) is 22.1. The number of alkyl halides is 2. The second kappa shape index (κ2) is 11.0. The highest BCUT2D eigenvalue weighted by Gasteiger charge is 2.11. The number of carbonyl (C=O) groups excluding carboxylic acids is 1. The highest BCUT2D eigenvalue weighted by molar-refractivity contribution is 5.91. The maximum absolute atomic E-state index is 12.5. The van der Waals surface area contributed by atoms with Crippen LogP contribution in [0.2, 0.25) is 0 Å². The topological polar surface area (TPSA) is 69.7 Å². The van der Waals surface area contributed by atoms with E-state index in [0.717, 1.165) is 5.56 Å². The fourth-order valence-electron chi connectivity index (χ4n) is 2.39. The molecule has 0 aliphatic heterocycles. The number of pyridine rings is 1. The summed E-state index contributed by atoms with van der Waals surface area (Å²) in [6.07, 6.45) is 4.49. The molecule has 1 heterocycles. The number of hydrogen-bond acceptors (Lipinski definition) is 5. The lowest BCUT2D eigenvalue weighted by Gasteiger charge is -2.13. The van der Waals surface area contributed by atoms with Crippen molar-refractivity contribution in [1.82, 2.24) is 10.3 Å². The molecule has 0 aliphatic rings. The standard InChI is InChI=1S/C21H24F2N2O4/c1-4-27-18-12-15(7-9-17(18)29-21(22)23)8-10-19(26)25-13-16-6-5-11-24-20(16)28-14(2)3/h5-12,14,21H,4,13H2,1-3H3,(H,25,26). The Morgan fingerprint density at radius 3 is 2.69 bits per heavy atom. The van der Waals surface area contributed by atoms with E-state index < -0.39 is 6.61 Å². The minimum Gasteiger partial charge on any atom is -0.490 e. The van der Waals surface area contributed by atoms with E-state index in [-0.39, 0.29) is 30.1 Å². The Hall–Kier alpha value is -3.16. The molecular weight excluding hydrogens is 382 g/mol. The molecule has 0 saturated carbocycles. The molecule has 2 rings (SSSR count). The molecule has 1 aromatic heterocycles. The molecule has 6 nitrogen and oxygen atoms in total. The minimum atomic E-state index is -2.95. The molecule has 156 valence electrons. The van der Waals surface area contributed by atoms with Gasteiger partial charge in [-0.05, 0) is 50.6 Å². The van der Waals surface area contributed by atoms with Gasteiger partial charge in [0.1, 0.15) is 0 Å². The molecular formula is C21H24F2N2O4. The van der Waals surface area contributed by atoms with Crippen molar-refractivity contribution < 1.29 is 27.8 Å². The van der Waals surface area contributed by atoms with E-state index >= 15 is 0 Å². The third kappa shape index (κ3) is 7.40. The van der Waals surface area contributed by atoms with E-state index in [0.29, 0.717) is 18.1 Å². The van der Waals surface area contributed by atoms with Gasteiger partial charge >= 0.3 is 6.61 Å². The van der Waals surface area contributed by atoms with Gasteiger partial charge in [0.25, 0.3) is 0 Å². The van der Waals surface area contributed by atoms with E-state index in [4.69, 9.17) is 9.47 Å². The molecule has 0 bridgehead atoms. The van der Waals surface area contributed by atoms with E-state index in [1.54, 1.807) is 31.3 Å². The van der Waals surface area contributed by atoms with Crippen LogP contribution in [-0.2, 0) is 11.3 Å². The fraction of sp³-hybridized carbons (Fsp3) is 0.333. The number of carbonyl (C=O) groups is 1. The van der Waals surface area contributed by atoms with Crippen molar-refractivity contribution in [2.45, 2.75) is 40.0 Å². The molecule has 0 fully saturated rings. The quantitative estimate of drug-likeness (QED) is 0.599. The molecule has 1 N–H and O–H groups in total. The Bertz CT molecular complexity index is 841. The molecule has 29 heavy (non-hydrogen) atoms. The van der Waals surface area contributed by atoms with Gasteiger partial charge in [0, 0.05) is 24.4 Å². The largest absolute Gasteiger partial charge is 0.490 e. The number of rotatable bonds is 10. The van der Waals surface area contributed by atoms with Crippen LogP contribution in [0.5, 0.6) is 17.4 Å². The van der Waals surface area contributed by atoms with Crippen LogP contribution < -0.4 is 19.5 Å². The van der Waals surface area contributed by atoms with E-state index in [9.17, 15) is 13.6 Å². The first-order valence-corrected chi connectivity index (χ1v) is 9.17. The number of amides is 1. The molecule has 8 heteroatoms. The summed E-state index contributed by atoms with van der Waals surface area (Å²) in [6.45, 7) is 3.13. The van der Waals surface area contributed by atoms with E-state index in [2.05, 4.69) is 15.0 Å². The third-order valence-corrected chi connectivity index (χ3v) is 3.56. The number of hydrogen-bond donors (Lipinski definition) is 1. The SMILES string of the molecule is CCOc1cc(C=CC(=O)NCc2cccnc2OC(C)C)ccc1OC(F)F. The first-order valence-electron chi connectivity index (χ1n) is 9.17. The summed E-state index contributed by atoms with van der Waals surface area (Å²) in [7, 11) is 0. The van der Waals surface area contributed by atoms with Crippen molar-refractivity contribution in [3.63, 3.8) is 0 Å². The van der Waals surface area contributed by atoms with Crippen LogP contribution in [0.15, 0.2) is 42.6 Å². The molecule has 0 saturated heterocycles. The Labute approximate surface area is 168 Å². The second-order valence-electron chi connectivity index (χ2n) is 6.20. The summed E-state index contributed by atoms with van der Waals surface area (Å²) in [5.41, 5.74) is 1.37. The van der Waals surface area contributed by atoms with Crippen molar-refractivity contribution in [2.24, 2.45) is 0 Å². The van der Waals surface area contributed by atoms with Crippen LogP contribution in [-0.4, -0.2) is 30.2 Å². The normalized spacial score (nSPS) is 11.1. The monoisotopic (exact) mass is 406 g/mol. The lowest BCUT2D eigenvalue weighted by atomic mass is 10.2. The van der Waals surface area contributed by atoms with Crippen LogP contribution in [0.1, 0.15) is 31.9 Å². The first-order chi connectivity index (χ1) is 13.9. The van der Waals surface area contributed by atoms with Crippen molar-refractivity contribution >= 4 is 12.0 Å². The number of nitrogens with zero attached hydrogens (tertiary/aromatic N) is 1. The predicted molar refractivity (Wildman–Crippen MR) is 105 cm³/mol. The Balaban J connectivity index is 2.01. The third-order valence-electron chi connectivity index (χ3n) is 3.56. The molecule has 1 amide bonds. The number of ether oxygens (including phenoxy) is 3. The highest BCUT2D eigenvalue weighted by Crippen LogP contribution is 2.30. The number of halogens is 2. The molecule has 2 aromatic rings. The Morgan fingerprint density at radius 2 is 2.00 bits per heavy atom. The summed E-state index contributed by atoms with van der Waals surface area (Å²) in [4.78, 5) is 16.3. The van der Waals surface area contributed by atoms with Crippen LogP contribution in [0.3, 0.4) is 0 Å². The van der Waals surface area contributed by atoms with E-state index in [1.807, 2.05) is 19.9 Å². The van der Waals surface area contributed by atoms with E-state index in [1.165, 1.54) is 18.2 Å². The zero-order valence-electron chi connectivity index (χ0n) is 16.5. The van der Waals surface area contributed by atoms with Crippen molar-refractivity contribution in [2.75, 3.05) is 6.61 Å². The molecule has 0 unspecified atom stereocenters. The van der Waals surface area contributed by atoms with Gasteiger partial charge in [-0.15, -0.1) is 0 Å². The van der Waals surface area contributed by atoms with Gasteiger partial charge in [0.15, 0.2) is 11.5 Å². The summed E-state index contributed by atoms with van der Waals surface area (Å²) in [6, 6.07) is 8.05. The van der Waals surface area contributed by atoms with Gasteiger partial charge in [-0.3, -0.25) is 4.79 Å². The Morgan fingerprint density at radius 1 is 1.21 bits per heavy atom. The predicted octanol–water partition coefficient (Wildman–Crippen LogP) is 4.20. The zero-order valence-corrected chi connectivity index (χ0v) is 16.5. The van der Waals surface area contributed by atoms with Gasteiger partial charge in [0.05, 0.1) is 12.7 Å². The average Bonchev–Trinajstić information content (AvgIpc) is 2.67. The smallest absolute Gasteiger partial charge is 0.387 e. The van der Waals surface area contributed by atoms with Gasteiger partial charge in [-0.25, -0.2) is 4.98 Å². The summed E-state index contributed by atoms with van der Waals surface area (Å²) in [5, 5.41) is 2.76. The molecule has 0 aliphatic carbocycles. The number of aromatic nitrogens is 1. The fourth-order valence-corrected chi connectivity index (χ4v) is 2.39. The number of nitrogens with one attached hydrogen (secondary N) is 1. The molecule has 0 atom stereocenters. The second-order valence-corrected chi connectivity index (χ2v) is 6.20. The molecule has 1 aromatic carbocycles. The summed E-state index contributed by atoms with van der Waals surface area (Å²) >= 11 is 0. The lowest BCUT2D eigenvalue weighted by molar-refractivity contribution is -0.116. The average molecular weight is 406 g/mol. The van der Waals surface area contributed by atoms with Crippen molar-refractivity contribution in [3.05, 3.63) is 53.7 Å². The lowest BCUT2D eigenvalue weighted by Crippen LogP contribution is -2.21. The van der Waals surface area contributed by atoms with Gasteiger partial charge in [-0.1, -0.05) is 12.1 Å². The zero-order chi connectivity index (χ0) is 21.2. The Kier molecular flexibility index (Phi) is 8.39. The highest BCUT2D eigenvalue weighted by atomic mass is 19.3. The number of benzene rings is 1. The minimum absolute atomic E-state index is 0.0317. The molecule has 0 radical (unpaired) electrons. The van der Waals surface area contributed by atoms with Crippen LogP contribution >= 0.6 is 0 Å². The van der Waals surface area contributed by atoms with Crippen LogP contribution in [0.4, 0.5) is 8.78 Å². The van der Waals surface area contributed by atoms with Gasteiger partial charge < -0.3 is 19.5 Å². The van der Waals surface area contributed by atoms with Crippen molar-refractivity contribution in [3.8, 4) is 17.4 Å². The molecule has 0 spiro atoms. The maximum Gasteiger partial charge on any atom is 0.387 e. The van der Waals surface area contributed by atoms with Crippen LogP contribution in [0.25, 0.3) is 6.08 Å². The summed E-state index contributed by atoms with van der Waals surface area (Å²) in [5.74, 6) is 0.275. The van der Waals surface area contributed by atoms with Gasteiger partial charge in [-0.2, -0.15) is 8.78 Å². The van der Waals surface area contributed by atoms with Crippen LogP contribution in [0, 0.1) is 0 Å².